The van der Waals surface area contributed by atoms with E-state index in [9.17, 15) is 9.59 Å². The highest BCUT2D eigenvalue weighted by atomic mass is 32.1. The summed E-state index contributed by atoms with van der Waals surface area (Å²) in [6.45, 7) is 2.83. The van der Waals surface area contributed by atoms with Crippen LogP contribution in [0.1, 0.15) is 23.8 Å². The minimum Gasteiger partial charge on any atom is -0.497 e. The Hall–Kier alpha value is -3.58. The Morgan fingerprint density at radius 2 is 1.78 bits per heavy atom. The molecule has 0 aliphatic carbocycles. The lowest BCUT2D eigenvalue weighted by Gasteiger charge is -2.16. The van der Waals surface area contributed by atoms with Crippen LogP contribution in [0.4, 0.5) is 5.69 Å². The molecule has 4 rings (SSSR count). The first kappa shape index (κ1) is 21.6. The molecular formula is C25H24N2O4S. The summed E-state index contributed by atoms with van der Waals surface area (Å²) >= 11 is 1.43. The third-order valence-corrected chi connectivity index (χ3v) is 5.90. The van der Waals surface area contributed by atoms with Crippen molar-refractivity contribution in [2.24, 2.45) is 0 Å². The molecule has 0 saturated carbocycles. The van der Waals surface area contributed by atoms with Gasteiger partial charge in [-0.2, -0.15) is 0 Å². The Morgan fingerprint density at radius 1 is 0.969 bits per heavy atom. The van der Waals surface area contributed by atoms with Gasteiger partial charge in [-0.15, -0.1) is 11.3 Å². The van der Waals surface area contributed by atoms with Crippen LogP contribution in [0.3, 0.4) is 0 Å². The van der Waals surface area contributed by atoms with E-state index in [0.717, 1.165) is 22.6 Å². The summed E-state index contributed by atoms with van der Waals surface area (Å²) in [5.74, 6) is 0.767. The minimum absolute atomic E-state index is 0.182. The van der Waals surface area contributed by atoms with Crippen LogP contribution >= 0.6 is 11.3 Å². The van der Waals surface area contributed by atoms with Crippen molar-refractivity contribution in [3.8, 4) is 11.5 Å². The zero-order valence-corrected chi connectivity index (χ0v) is 18.8. The molecule has 1 aromatic heterocycles. The van der Waals surface area contributed by atoms with Crippen LogP contribution in [-0.2, 0) is 16.1 Å². The van der Waals surface area contributed by atoms with Crippen LogP contribution < -0.4 is 14.8 Å². The zero-order chi connectivity index (χ0) is 22.5. The number of rotatable bonds is 9. The van der Waals surface area contributed by atoms with Crippen LogP contribution in [0.5, 0.6) is 11.5 Å². The monoisotopic (exact) mass is 448 g/mol. The van der Waals surface area contributed by atoms with Gasteiger partial charge in [0.05, 0.1) is 25.8 Å². The van der Waals surface area contributed by atoms with Gasteiger partial charge in [-0.3, -0.25) is 14.5 Å². The number of amides is 2. The van der Waals surface area contributed by atoms with E-state index in [-0.39, 0.29) is 24.1 Å². The maximum absolute atomic E-state index is 13.3. The van der Waals surface area contributed by atoms with Gasteiger partial charge >= 0.3 is 0 Å². The van der Waals surface area contributed by atoms with Crippen LogP contribution in [0.15, 0.2) is 71.7 Å². The molecular weight excluding hydrogens is 424 g/mol. The molecule has 1 aliphatic rings. The normalized spacial score (nSPS) is 13.6. The number of methoxy groups -OCH3 is 1. The highest BCUT2D eigenvalue weighted by Gasteiger charge is 2.39. The fourth-order valence-corrected chi connectivity index (χ4v) is 4.19. The Kier molecular flexibility index (Phi) is 6.56. The first-order valence-electron chi connectivity index (χ1n) is 10.4. The van der Waals surface area contributed by atoms with Crippen molar-refractivity contribution in [2.75, 3.05) is 19.0 Å². The molecule has 7 heteroatoms. The van der Waals surface area contributed by atoms with Crippen LogP contribution in [0.25, 0.3) is 5.57 Å². The molecule has 2 heterocycles. The molecule has 3 aromatic rings. The standard InChI is InChI=1S/C25H24N2O4S/c1-3-13-31-20-7-4-6-18(15-20)26-23-22(21-8-5-14-32-21)24(28)27(25(23)29)16-17-9-11-19(30-2)12-10-17/h4-12,14-15,26H,3,13,16H2,1-2H3. The van der Waals surface area contributed by atoms with Gasteiger partial charge in [-0.25, -0.2) is 0 Å². The van der Waals surface area contributed by atoms with Crippen LogP contribution in [0, 0.1) is 0 Å². The van der Waals surface area contributed by atoms with E-state index in [0.29, 0.717) is 23.6 Å². The highest BCUT2D eigenvalue weighted by molar-refractivity contribution is 7.11. The molecule has 32 heavy (non-hydrogen) atoms. The van der Waals surface area contributed by atoms with E-state index in [1.807, 2.05) is 73.0 Å². The number of ether oxygens (including phenoxy) is 2. The van der Waals surface area contributed by atoms with Gasteiger partial charge in [0.1, 0.15) is 17.2 Å². The molecule has 0 saturated heterocycles. The summed E-state index contributed by atoms with van der Waals surface area (Å²) in [5.41, 5.74) is 2.20. The number of thiophene rings is 1. The number of carbonyl (C=O) groups is 2. The zero-order valence-electron chi connectivity index (χ0n) is 18.0. The van der Waals surface area contributed by atoms with E-state index >= 15 is 0 Å². The molecule has 1 N–H and O–H groups in total. The van der Waals surface area contributed by atoms with Crippen molar-refractivity contribution < 1.29 is 19.1 Å². The minimum atomic E-state index is -0.353. The molecule has 2 amide bonds. The predicted molar refractivity (Wildman–Crippen MR) is 126 cm³/mol. The molecule has 164 valence electrons. The van der Waals surface area contributed by atoms with Crippen LogP contribution in [0.2, 0.25) is 0 Å². The van der Waals surface area contributed by atoms with Crippen LogP contribution in [-0.4, -0.2) is 30.4 Å². The summed E-state index contributed by atoms with van der Waals surface area (Å²) in [7, 11) is 1.60. The van der Waals surface area contributed by atoms with Crippen molar-refractivity contribution >= 4 is 34.4 Å². The van der Waals surface area contributed by atoms with E-state index < -0.39 is 0 Å². The van der Waals surface area contributed by atoms with E-state index in [4.69, 9.17) is 9.47 Å². The average Bonchev–Trinajstić information content (AvgIpc) is 3.42. The number of nitrogens with one attached hydrogen (secondary N) is 1. The van der Waals surface area contributed by atoms with E-state index in [1.165, 1.54) is 16.2 Å². The first-order chi connectivity index (χ1) is 15.6. The summed E-state index contributed by atoms with van der Waals surface area (Å²) < 4.78 is 10.9. The number of imide groups is 1. The highest BCUT2D eigenvalue weighted by Crippen LogP contribution is 2.34. The SMILES string of the molecule is CCCOc1cccc(NC2=C(c3cccs3)C(=O)N(Cc3ccc(OC)cc3)C2=O)c1. The number of benzene rings is 2. The quantitative estimate of drug-likeness (QED) is 0.470. The summed E-state index contributed by atoms with van der Waals surface area (Å²) in [6.07, 6.45) is 0.901. The summed E-state index contributed by atoms with van der Waals surface area (Å²) in [5, 5.41) is 5.08. The molecule has 2 aromatic carbocycles. The van der Waals surface area contributed by atoms with Gasteiger partial charge in [0.15, 0.2) is 0 Å². The maximum Gasteiger partial charge on any atom is 0.278 e. The number of hydrogen-bond acceptors (Lipinski definition) is 6. The average molecular weight is 449 g/mol. The predicted octanol–water partition coefficient (Wildman–Crippen LogP) is 4.94. The lowest BCUT2D eigenvalue weighted by atomic mass is 10.1. The molecule has 1 aliphatic heterocycles. The molecule has 0 fully saturated rings. The van der Waals surface area contributed by atoms with Gasteiger partial charge in [0.25, 0.3) is 11.8 Å². The van der Waals surface area contributed by atoms with E-state index in [2.05, 4.69) is 5.32 Å². The van der Waals surface area contributed by atoms with Gasteiger partial charge < -0.3 is 14.8 Å². The fraction of sp³-hybridized carbons (Fsp3) is 0.200. The summed E-state index contributed by atoms with van der Waals surface area (Å²) in [6, 6.07) is 18.5. The molecule has 6 nitrogen and oxygen atoms in total. The molecule has 0 spiro atoms. The Morgan fingerprint density at radius 3 is 2.47 bits per heavy atom. The first-order valence-corrected chi connectivity index (χ1v) is 11.3. The second kappa shape index (κ2) is 9.70. The second-order valence-electron chi connectivity index (χ2n) is 7.27. The number of hydrogen-bond donors (Lipinski definition) is 1. The molecule has 0 bridgehead atoms. The number of anilines is 1. The van der Waals surface area contributed by atoms with Gasteiger partial charge in [0.2, 0.25) is 0 Å². The largest absolute Gasteiger partial charge is 0.497 e. The third kappa shape index (κ3) is 4.53. The topological polar surface area (TPSA) is 67.9 Å². The Bertz CT molecular complexity index is 1140. The maximum atomic E-state index is 13.3. The van der Waals surface area contributed by atoms with Gasteiger partial charge in [-0.1, -0.05) is 31.2 Å². The Labute approximate surface area is 191 Å². The fourth-order valence-electron chi connectivity index (χ4n) is 3.43. The number of nitrogens with zero attached hydrogens (tertiary/aromatic N) is 1. The van der Waals surface area contributed by atoms with Crippen molar-refractivity contribution in [1.82, 2.24) is 4.90 Å². The molecule has 0 atom stereocenters. The van der Waals surface area contributed by atoms with Crippen molar-refractivity contribution in [3.63, 3.8) is 0 Å². The number of carbonyl (C=O) groups excluding carboxylic acids is 2. The second-order valence-corrected chi connectivity index (χ2v) is 8.22. The Balaban J connectivity index is 1.63. The third-order valence-electron chi connectivity index (χ3n) is 5.01. The van der Waals surface area contributed by atoms with Crippen molar-refractivity contribution in [3.05, 3.63) is 82.2 Å². The smallest absolute Gasteiger partial charge is 0.278 e. The lowest BCUT2D eigenvalue weighted by Crippen LogP contribution is -2.31. The van der Waals surface area contributed by atoms with Gasteiger partial charge in [0, 0.05) is 16.6 Å². The van der Waals surface area contributed by atoms with E-state index in [1.54, 1.807) is 7.11 Å². The lowest BCUT2D eigenvalue weighted by molar-refractivity contribution is -0.137. The van der Waals surface area contributed by atoms with Gasteiger partial charge in [-0.05, 0) is 47.7 Å². The van der Waals surface area contributed by atoms with Crippen molar-refractivity contribution in [1.29, 1.82) is 0 Å². The molecule has 0 unspecified atom stereocenters. The van der Waals surface area contributed by atoms with Crippen molar-refractivity contribution in [2.45, 2.75) is 19.9 Å². The molecule has 0 radical (unpaired) electrons. The summed E-state index contributed by atoms with van der Waals surface area (Å²) in [4.78, 5) is 28.7.